The Morgan fingerprint density at radius 3 is 2.63 bits per heavy atom. The Morgan fingerprint density at radius 2 is 1.83 bits per heavy atom. The van der Waals surface area contributed by atoms with E-state index in [1.165, 1.54) is 0 Å². The van der Waals surface area contributed by atoms with Gasteiger partial charge in [0, 0.05) is 9.13 Å². The molecule has 174 valence electrons. The van der Waals surface area contributed by atoms with E-state index in [1.54, 1.807) is 25.3 Å². The lowest BCUT2D eigenvalue weighted by atomic mass is 10.1. The predicted octanol–water partition coefficient (Wildman–Crippen LogP) is 7.03. The van der Waals surface area contributed by atoms with Gasteiger partial charge in [0.25, 0.3) is 0 Å². The largest absolute Gasteiger partial charge is 0.493 e. The van der Waals surface area contributed by atoms with Gasteiger partial charge in [0.05, 0.1) is 12.1 Å². The maximum atomic E-state index is 12.5. The van der Waals surface area contributed by atoms with E-state index in [-0.39, 0.29) is 11.6 Å². The molecule has 0 aliphatic carbocycles. The van der Waals surface area contributed by atoms with Crippen molar-refractivity contribution in [3.63, 3.8) is 0 Å². The van der Waals surface area contributed by atoms with Crippen LogP contribution in [-0.2, 0) is 16.1 Å². The van der Waals surface area contributed by atoms with Gasteiger partial charge < -0.3 is 14.2 Å². The Morgan fingerprint density at radius 1 is 1.00 bits per heavy atom. The normalized spacial score (nSPS) is 14.2. The molecule has 0 N–H and O–H groups in total. The van der Waals surface area contributed by atoms with Crippen LogP contribution < -0.4 is 9.47 Å². The summed E-state index contributed by atoms with van der Waals surface area (Å²) < 4.78 is 18.0. The van der Waals surface area contributed by atoms with Gasteiger partial charge in [-0.3, -0.25) is 0 Å². The lowest BCUT2D eigenvalue weighted by Gasteiger charge is -2.13. The molecule has 4 aromatic carbocycles. The zero-order chi connectivity index (χ0) is 24.4. The summed E-state index contributed by atoms with van der Waals surface area (Å²) in [5.41, 5.74) is 2.57. The molecular weight excluding hydrogens is 577 g/mol. The maximum Gasteiger partial charge on any atom is 0.363 e. The van der Waals surface area contributed by atoms with Gasteiger partial charge in [-0.15, -0.1) is 0 Å². The number of aliphatic imine (C=N–C) groups is 1. The minimum Gasteiger partial charge on any atom is -0.493 e. The van der Waals surface area contributed by atoms with Crippen LogP contribution >= 0.6 is 34.2 Å². The number of fused-ring (bicyclic) bond motifs is 1. The van der Waals surface area contributed by atoms with E-state index in [4.69, 9.17) is 25.8 Å². The number of esters is 1. The van der Waals surface area contributed by atoms with Crippen molar-refractivity contribution in [1.82, 2.24) is 0 Å². The number of methoxy groups -OCH3 is 1. The highest BCUT2D eigenvalue weighted by Crippen LogP contribution is 2.38. The van der Waals surface area contributed by atoms with Crippen molar-refractivity contribution >= 4 is 62.9 Å². The standard InChI is InChI=1S/C28H19ClINO4/c1-33-25-14-18(12-23(29)26(25)34-16-17-5-4-8-22(30)11-17)13-24-28(32)35-27(31-24)21-10-9-19-6-2-3-7-20(19)15-21/h2-15H,16H2,1H3/b24-13-. The van der Waals surface area contributed by atoms with Crippen molar-refractivity contribution in [3.05, 3.63) is 110 Å². The van der Waals surface area contributed by atoms with Crippen LogP contribution in [0.5, 0.6) is 11.5 Å². The molecule has 0 saturated carbocycles. The highest BCUT2D eigenvalue weighted by molar-refractivity contribution is 14.1. The first-order valence-corrected chi connectivity index (χ1v) is 12.2. The van der Waals surface area contributed by atoms with Gasteiger partial charge >= 0.3 is 5.97 Å². The van der Waals surface area contributed by atoms with Gasteiger partial charge in [-0.1, -0.05) is 54.1 Å². The Kier molecular flexibility index (Phi) is 6.74. The SMILES string of the molecule is COc1cc(/C=C2\N=C(c3ccc4ccccc4c3)OC2=O)cc(Cl)c1OCc1cccc(I)c1. The highest BCUT2D eigenvalue weighted by atomic mass is 127. The second-order valence-electron chi connectivity index (χ2n) is 7.85. The average molecular weight is 596 g/mol. The summed E-state index contributed by atoms with van der Waals surface area (Å²) in [5, 5.41) is 2.51. The van der Waals surface area contributed by atoms with Gasteiger partial charge in [-0.05, 0) is 87.0 Å². The molecule has 0 fully saturated rings. The van der Waals surface area contributed by atoms with Crippen molar-refractivity contribution in [2.45, 2.75) is 6.61 Å². The molecule has 35 heavy (non-hydrogen) atoms. The number of ether oxygens (including phenoxy) is 3. The van der Waals surface area contributed by atoms with Gasteiger partial charge in [0.15, 0.2) is 17.2 Å². The molecule has 4 aromatic rings. The van der Waals surface area contributed by atoms with Crippen molar-refractivity contribution in [3.8, 4) is 11.5 Å². The smallest absolute Gasteiger partial charge is 0.363 e. The summed E-state index contributed by atoms with van der Waals surface area (Å²) in [7, 11) is 1.54. The zero-order valence-corrected chi connectivity index (χ0v) is 21.5. The van der Waals surface area contributed by atoms with E-state index in [1.807, 2.05) is 66.7 Å². The minimum atomic E-state index is -0.526. The Balaban J connectivity index is 1.41. The summed E-state index contributed by atoms with van der Waals surface area (Å²) in [6.07, 6.45) is 1.62. The lowest BCUT2D eigenvalue weighted by Crippen LogP contribution is -2.05. The Labute approximate surface area is 221 Å². The topological polar surface area (TPSA) is 57.1 Å². The maximum absolute atomic E-state index is 12.5. The van der Waals surface area contributed by atoms with Gasteiger partial charge in [-0.25, -0.2) is 9.79 Å². The number of carbonyl (C=O) groups is 1. The monoisotopic (exact) mass is 595 g/mol. The molecule has 5 nitrogen and oxygen atoms in total. The molecule has 0 aromatic heterocycles. The summed E-state index contributed by atoms with van der Waals surface area (Å²) >= 11 is 8.78. The predicted molar refractivity (Wildman–Crippen MR) is 146 cm³/mol. The number of benzene rings is 4. The fourth-order valence-corrected chi connectivity index (χ4v) is 4.64. The molecule has 1 aliphatic rings. The van der Waals surface area contributed by atoms with E-state index in [9.17, 15) is 4.79 Å². The van der Waals surface area contributed by atoms with E-state index < -0.39 is 5.97 Å². The average Bonchev–Trinajstić information content (AvgIpc) is 3.22. The van der Waals surface area contributed by atoms with Crippen molar-refractivity contribution < 1.29 is 19.0 Å². The van der Waals surface area contributed by atoms with Crippen LogP contribution in [0.3, 0.4) is 0 Å². The lowest BCUT2D eigenvalue weighted by molar-refractivity contribution is -0.129. The molecule has 0 radical (unpaired) electrons. The fraction of sp³-hybridized carbons (Fsp3) is 0.0714. The molecule has 5 rings (SSSR count). The van der Waals surface area contributed by atoms with Crippen molar-refractivity contribution in [2.24, 2.45) is 4.99 Å². The zero-order valence-electron chi connectivity index (χ0n) is 18.6. The van der Waals surface area contributed by atoms with Gasteiger partial charge in [0.1, 0.15) is 6.61 Å². The molecule has 0 unspecified atom stereocenters. The quantitative estimate of drug-likeness (QED) is 0.136. The third-order valence-electron chi connectivity index (χ3n) is 5.44. The number of hydrogen-bond donors (Lipinski definition) is 0. The van der Waals surface area contributed by atoms with Crippen LogP contribution in [0, 0.1) is 3.57 Å². The van der Waals surface area contributed by atoms with E-state index >= 15 is 0 Å². The molecule has 1 aliphatic heterocycles. The molecular formula is C28H19ClINO4. The van der Waals surface area contributed by atoms with Crippen LogP contribution in [-0.4, -0.2) is 19.0 Å². The van der Waals surface area contributed by atoms with Crippen LogP contribution in [0.1, 0.15) is 16.7 Å². The third kappa shape index (κ3) is 5.18. The van der Waals surface area contributed by atoms with E-state index in [0.29, 0.717) is 28.7 Å². The second-order valence-corrected chi connectivity index (χ2v) is 9.50. The van der Waals surface area contributed by atoms with Crippen LogP contribution in [0.4, 0.5) is 0 Å². The molecule has 1 heterocycles. The summed E-state index contributed by atoms with van der Waals surface area (Å²) in [4.78, 5) is 16.9. The van der Waals surface area contributed by atoms with Gasteiger partial charge in [0.2, 0.25) is 5.90 Å². The van der Waals surface area contributed by atoms with Crippen molar-refractivity contribution in [1.29, 1.82) is 0 Å². The van der Waals surface area contributed by atoms with Crippen molar-refractivity contribution in [2.75, 3.05) is 7.11 Å². The van der Waals surface area contributed by atoms with E-state index in [0.717, 1.165) is 25.5 Å². The molecule has 0 spiro atoms. The van der Waals surface area contributed by atoms with Crippen LogP contribution in [0.2, 0.25) is 5.02 Å². The molecule has 0 bridgehead atoms. The van der Waals surface area contributed by atoms with Crippen LogP contribution in [0.25, 0.3) is 16.8 Å². The summed E-state index contributed by atoms with van der Waals surface area (Å²) in [6, 6.07) is 25.3. The number of carbonyl (C=O) groups excluding carboxylic acids is 1. The minimum absolute atomic E-state index is 0.179. The highest BCUT2D eigenvalue weighted by Gasteiger charge is 2.25. The first kappa shape index (κ1) is 23.4. The molecule has 0 amide bonds. The number of hydrogen-bond acceptors (Lipinski definition) is 5. The summed E-state index contributed by atoms with van der Waals surface area (Å²) in [6.45, 7) is 0.346. The third-order valence-corrected chi connectivity index (χ3v) is 6.40. The fourth-order valence-electron chi connectivity index (χ4n) is 3.76. The molecule has 0 saturated heterocycles. The Bertz CT molecular complexity index is 1510. The van der Waals surface area contributed by atoms with Crippen LogP contribution in [0.15, 0.2) is 89.6 Å². The van der Waals surface area contributed by atoms with E-state index in [2.05, 4.69) is 27.6 Å². The second kappa shape index (κ2) is 10.1. The van der Waals surface area contributed by atoms with Gasteiger partial charge in [-0.2, -0.15) is 0 Å². The molecule has 0 atom stereocenters. The first-order chi connectivity index (χ1) is 17.0. The summed E-state index contributed by atoms with van der Waals surface area (Å²) in [5.74, 6) is 0.634. The first-order valence-electron chi connectivity index (χ1n) is 10.8. The number of rotatable bonds is 6. The number of cyclic esters (lactones) is 1. The number of halogens is 2. The Hall–Kier alpha value is -3.36. The number of nitrogens with zero attached hydrogens (tertiary/aromatic N) is 1. The molecule has 7 heteroatoms.